The first-order valence-corrected chi connectivity index (χ1v) is 7.68. The summed E-state index contributed by atoms with van der Waals surface area (Å²) < 4.78 is 0. The maximum atomic E-state index is 12.3. The molecular weight excluding hydrogens is 362 g/mol. The summed E-state index contributed by atoms with van der Waals surface area (Å²) >= 11 is 0. The molecule has 1 atom stereocenters. The van der Waals surface area contributed by atoms with Gasteiger partial charge in [0.25, 0.3) is 5.69 Å². The van der Waals surface area contributed by atoms with Gasteiger partial charge < -0.3 is 21.5 Å². The van der Waals surface area contributed by atoms with Crippen molar-refractivity contribution in [3.05, 3.63) is 34.4 Å². The highest BCUT2D eigenvalue weighted by atomic mass is 16.6. The molecule has 1 unspecified atom stereocenters. The second-order valence-corrected chi connectivity index (χ2v) is 5.43. The van der Waals surface area contributed by atoms with E-state index < -0.39 is 54.3 Å². The molecule has 0 radical (unpaired) electrons. The molecule has 0 aliphatic carbocycles. The number of nitrogens with two attached hydrogens (primary N) is 1. The van der Waals surface area contributed by atoms with Gasteiger partial charge in [-0.25, -0.2) is 0 Å². The van der Waals surface area contributed by atoms with Crippen LogP contribution in [0.5, 0.6) is 0 Å². The zero-order chi connectivity index (χ0) is 20.6. The van der Waals surface area contributed by atoms with Crippen LogP contribution in [-0.4, -0.2) is 59.4 Å². The second-order valence-electron chi connectivity index (χ2n) is 5.43. The van der Waals surface area contributed by atoms with E-state index in [1.165, 1.54) is 19.1 Å². The molecule has 12 heteroatoms. The fourth-order valence-electron chi connectivity index (χ4n) is 1.87. The Morgan fingerprint density at radius 3 is 2.26 bits per heavy atom. The van der Waals surface area contributed by atoms with E-state index in [9.17, 15) is 29.3 Å². The van der Waals surface area contributed by atoms with Crippen molar-refractivity contribution >= 4 is 35.1 Å². The van der Waals surface area contributed by atoms with Crippen molar-refractivity contribution in [2.45, 2.75) is 13.0 Å². The van der Waals surface area contributed by atoms with Crippen LogP contribution in [0.4, 0.5) is 11.4 Å². The summed E-state index contributed by atoms with van der Waals surface area (Å²) in [6, 6.07) is 3.90. The summed E-state index contributed by atoms with van der Waals surface area (Å²) in [7, 11) is 0. The molecule has 27 heavy (non-hydrogen) atoms. The lowest BCUT2D eigenvalue weighted by molar-refractivity contribution is -0.384. The van der Waals surface area contributed by atoms with Crippen molar-refractivity contribution < 1.29 is 29.2 Å². The van der Waals surface area contributed by atoms with E-state index in [0.29, 0.717) is 0 Å². The molecular formula is C15H19N5O7. The maximum absolute atomic E-state index is 12.3. The molecule has 0 saturated heterocycles. The number of nitrogens with zero attached hydrogens (tertiary/aromatic N) is 2. The zero-order valence-electron chi connectivity index (χ0n) is 14.4. The van der Waals surface area contributed by atoms with Crippen LogP contribution in [0, 0.1) is 10.1 Å². The van der Waals surface area contributed by atoms with Crippen molar-refractivity contribution in [3.8, 4) is 0 Å². The number of carboxylic acid groups (broad SMARTS) is 1. The van der Waals surface area contributed by atoms with Crippen LogP contribution in [0.1, 0.15) is 6.92 Å². The Hall–Kier alpha value is -3.54. The summed E-state index contributed by atoms with van der Waals surface area (Å²) in [5.41, 5.74) is 5.22. The molecule has 0 heterocycles. The molecule has 1 aromatic carbocycles. The fraction of sp³-hybridized carbons (Fsp3) is 0.333. The first-order valence-electron chi connectivity index (χ1n) is 7.68. The smallest absolute Gasteiger partial charge is 0.323 e. The Balaban J connectivity index is 2.72. The van der Waals surface area contributed by atoms with Gasteiger partial charge in [0.05, 0.1) is 24.1 Å². The minimum Gasteiger partial charge on any atom is -0.480 e. The Labute approximate surface area is 153 Å². The average Bonchev–Trinajstić information content (AvgIpc) is 2.61. The largest absolute Gasteiger partial charge is 0.480 e. The molecule has 1 rings (SSSR count). The van der Waals surface area contributed by atoms with Crippen molar-refractivity contribution in [1.82, 2.24) is 10.6 Å². The monoisotopic (exact) mass is 381 g/mol. The number of carbonyl (C=O) groups is 4. The van der Waals surface area contributed by atoms with Crippen molar-refractivity contribution in [2.24, 2.45) is 5.73 Å². The predicted octanol–water partition coefficient (Wildman–Crippen LogP) is -1.41. The first-order chi connectivity index (χ1) is 12.6. The van der Waals surface area contributed by atoms with Gasteiger partial charge in [0, 0.05) is 17.8 Å². The normalized spacial score (nSPS) is 11.2. The van der Waals surface area contributed by atoms with Gasteiger partial charge in [0.1, 0.15) is 6.54 Å². The Kier molecular flexibility index (Phi) is 7.82. The van der Waals surface area contributed by atoms with E-state index in [4.69, 9.17) is 10.8 Å². The highest BCUT2D eigenvalue weighted by Gasteiger charge is 2.20. The van der Waals surface area contributed by atoms with Crippen molar-refractivity contribution in [3.63, 3.8) is 0 Å². The number of carbonyl (C=O) groups excluding carboxylic acids is 3. The quantitative estimate of drug-likeness (QED) is 0.297. The summed E-state index contributed by atoms with van der Waals surface area (Å²) in [4.78, 5) is 57.1. The minimum atomic E-state index is -1.31. The van der Waals surface area contributed by atoms with Gasteiger partial charge >= 0.3 is 5.97 Å². The van der Waals surface area contributed by atoms with Crippen molar-refractivity contribution in [2.75, 3.05) is 24.5 Å². The van der Waals surface area contributed by atoms with Crippen LogP contribution in [-0.2, 0) is 19.2 Å². The molecule has 0 aliphatic heterocycles. The number of aliphatic carboxylic acids is 1. The Morgan fingerprint density at radius 1 is 1.19 bits per heavy atom. The lowest BCUT2D eigenvalue weighted by Gasteiger charge is -2.21. The van der Waals surface area contributed by atoms with Crippen LogP contribution in [0.2, 0.25) is 0 Å². The summed E-state index contributed by atoms with van der Waals surface area (Å²) in [5, 5.41) is 24.1. The van der Waals surface area contributed by atoms with E-state index in [0.717, 1.165) is 17.0 Å². The maximum Gasteiger partial charge on any atom is 0.323 e. The number of benzene rings is 1. The number of non-ortho nitro benzene ring substituents is 1. The molecule has 0 saturated carbocycles. The highest BCUT2D eigenvalue weighted by molar-refractivity contribution is 6.00. The zero-order valence-corrected chi connectivity index (χ0v) is 14.4. The summed E-state index contributed by atoms with van der Waals surface area (Å²) in [6.45, 7) is -0.194. The molecule has 0 aliphatic rings. The average molecular weight is 381 g/mol. The van der Waals surface area contributed by atoms with Gasteiger partial charge in [-0.2, -0.15) is 0 Å². The lowest BCUT2D eigenvalue weighted by Crippen LogP contribution is -2.47. The van der Waals surface area contributed by atoms with Crippen LogP contribution < -0.4 is 21.3 Å². The van der Waals surface area contributed by atoms with Crippen LogP contribution >= 0.6 is 0 Å². The van der Waals surface area contributed by atoms with E-state index in [-0.39, 0.29) is 11.4 Å². The lowest BCUT2D eigenvalue weighted by atomic mass is 10.2. The van der Waals surface area contributed by atoms with Gasteiger partial charge in [-0.05, 0) is 19.1 Å². The Bertz CT molecular complexity index is 733. The topological polar surface area (TPSA) is 185 Å². The van der Waals surface area contributed by atoms with E-state index >= 15 is 0 Å². The van der Waals surface area contributed by atoms with E-state index in [1.807, 2.05) is 0 Å². The minimum absolute atomic E-state index is 0.118. The molecule has 146 valence electrons. The fourth-order valence-corrected chi connectivity index (χ4v) is 1.87. The van der Waals surface area contributed by atoms with Gasteiger partial charge in [-0.3, -0.25) is 34.2 Å². The number of hydrogen-bond acceptors (Lipinski definition) is 7. The van der Waals surface area contributed by atoms with Crippen LogP contribution in [0.3, 0.4) is 0 Å². The van der Waals surface area contributed by atoms with Crippen LogP contribution in [0.15, 0.2) is 24.3 Å². The number of amides is 3. The van der Waals surface area contributed by atoms with E-state index in [2.05, 4.69) is 10.6 Å². The SMILES string of the molecule is CC(N)C(=O)NCC(=O)NCC(=O)N(CC(=O)O)c1ccc([N+](=O)[O-])cc1. The van der Waals surface area contributed by atoms with Gasteiger partial charge in [0.15, 0.2) is 0 Å². The van der Waals surface area contributed by atoms with Gasteiger partial charge in [-0.1, -0.05) is 0 Å². The van der Waals surface area contributed by atoms with Gasteiger partial charge in [0.2, 0.25) is 17.7 Å². The molecule has 3 amide bonds. The number of anilines is 1. The number of nitrogens with one attached hydrogen (secondary N) is 2. The number of nitro groups is 1. The van der Waals surface area contributed by atoms with Crippen molar-refractivity contribution in [1.29, 1.82) is 0 Å². The molecule has 12 nitrogen and oxygen atoms in total. The first kappa shape index (κ1) is 21.5. The molecule has 1 aromatic rings. The molecule has 0 spiro atoms. The number of carboxylic acids is 1. The third-order valence-electron chi connectivity index (χ3n) is 3.24. The molecule has 0 aromatic heterocycles. The standard InChI is InChI=1S/C15H19N5O7/c1-9(16)15(25)18-6-12(21)17-7-13(22)19(8-14(23)24)10-2-4-11(5-3-10)20(26)27/h2-5,9H,6-8,16H2,1H3,(H,17,21)(H,18,25)(H,23,24). The molecule has 5 N–H and O–H groups in total. The number of hydrogen-bond donors (Lipinski definition) is 4. The molecule has 0 bridgehead atoms. The van der Waals surface area contributed by atoms with Crippen LogP contribution in [0.25, 0.3) is 0 Å². The third-order valence-corrected chi connectivity index (χ3v) is 3.24. The highest BCUT2D eigenvalue weighted by Crippen LogP contribution is 2.19. The third kappa shape index (κ3) is 7.07. The molecule has 0 fully saturated rings. The Morgan fingerprint density at radius 2 is 1.78 bits per heavy atom. The second kappa shape index (κ2) is 9.82. The number of nitro benzene ring substituents is 1. The summed E-state index contributed by atoms with van der Waals surface area (Å²) in [5.74, 6) is -3.28. The summed E-state index contributed by atoms with van der Waals surface area (Å²) in [6.07, 6.45) is 0. The van der Waals surface area contributed by atoms with Gasteiger partial charge in [-0.15, -0.1) is 0 Å². The number of rotatable bonds is 9. The predicted molar refractivity (Wildman–Crippen MR) is 92.8 cm³/mol. The van der Waals surface area contributed by atoms with E-state index in [1.54, 1.807) is 0 Å².